The van der Waals surface area contributed by atoms with E-state index < -0.39 is 32.5 Å². The largest absolute Gasteiger partial charge is 0.469 e. The van der Waals surface area contributed by atoms with E-state index in [2.05, 4.69) is 4.52 Å². The zero-order valence-electron chi connectivity index (χ0n) is 13.7. The van der Waals surface area contributed by atoms with E-state index in [9.17, 15) is 14.2 Å². The van der Waals surface area contributed by atoms with Crippen molar-refractivity contribution in [1.29, 1.82) is 0 Å². The second-order valence-electron chi connectivity index (χ2n) is 5.14. The molecule has 0 saturated heterocycles. The maximum Gasteiger partial charge on any atom is 0.469 e. The molecule has 0 aromatic rings. The molecule has 0 radical (unpaired) electrons. The molecule has 0 aliphatic heterocycles. The molecule has 23 heavy (non-hydrogen) atoms. The standard InChI is InChI=1S/C14H27O8P/c1-3-5-7-9-13(15)20-10-12(11-21-23(17,18)19)22-14(16)8-6-4-2/h12H,3-11H2,1-2H3,(H2,17,18,19)/t12-/m0/s1. The van der Waals surface area contributed by atoms with Crippen LogP contribution in [0, 0.1) is 0 Å². The number of rotatable bonds is 13. The van der Waals surface area contributed by atoms with Gasteiger partial charge < -0.3 is 19.3 Å². The Kier molecular flexibility index (Phi) is 12.0. The number of phosphoric ester groups is 1. The van der Waals surface area contributed by atoms with Crippen LogP contribution in [-0.4, -0.2) is 41.0 Å². The van der Waals surface area contributed by atoms with Crippen molar-refractivity contribution in [2.24, 2.45) is 0 Å². The molecule has 0 aliphatic carbocycles. The summed E-state index contributed by atoms with van der Waals surface area (Å²) in [6.45, 7) is 3.10. The van der Waals surface area contributed by atoms with Crippen molar-refractivity contribution in [2.75, 3.05) is 13.2 Å². The summed E-state index contributed by atoms with van der Waals surface area (Å²) in [6.07, 6.45) is 3.44. The molecule has 0 heterocycles. The smallest absolute Gasteiger partial charge is 0.462 e. The Morgan fingerprint density at radius 2 is 1.57 bits per heavy atom. The zero-order chi connectivity index (χ0) is 17.7. The molecule has 9 heteroatoms. The van der Waals surface area contributed by atoms with Crippen molar-refractivity contribution in [3.05, 3.63) is 0 Å². The third-order valence-electron chi connectivity index (χ3n) is 2.88. The van der Waals surface area contributed by atoms with Gasteiger partial charge in [-0.25, -0.2) is 4.57 Å². The van der Waals surface area contributed by atoms with E-state index in [1.807, 2.05) is 13.8 Å². The lowest BCUT2D eigenvalue weighted by Gasteiger charge is -2.18. The fourth-order valence-electron chi connectivity index (χ4n) is 1.64. The topological polar surface area (TPSA) is 119 Å². The lowest BCUT2D eigenvalue weighted by Crippen LogP contribution is -2.29. The summed E-state index contributed by atoms with van der Waals surface area (Å²) in [5, 5.41) is 0. The van der Waals surface area contributed by atoms with Crippen LogP contribution in [-0.2, 0) is 28.2 Å². The number of unbranched alkanes of at least 4 members (excludes halogenated alkanes) is 3. The quantitative estimate of drug-likeness (QED) is 0.294. The maximum atomic E-state index is 11.6. The molecular formula is C14H27O8P. The SMILES string of the molecule is CCCCCC(=O)OC[C@@H](COP(=O)(O)O)OC(=O)CCCC. The van der Waals surface area contributed by atoms with Gasteiger partial charge in [0.1, 0.15) is 6.61 Å². The molecular weight excluding hydrogens is 327 g/mol. The molecule has 0 unspecified atom stereocenters. The number of carbonyl (C=O) groups excluding carboxylic acids is 2. The van der Waals surface area contributed by atoms with Gasteiger partial charge in [0.2, 0.25) is 0 Å². The summed E-state index contributed by atoms with van der Waals surface area (Å²) >= 11 is 0. The van der Waals surface area contributed by atoms with Crippen molar-refractivity contribution in [1.82, 2.24) is 0 Å². The molecule has 0 saturated carbocycles. The highest BCUT2D eigenvalue weighted by Crippen LogP contribution is 2.35. The minimum absolute atomic E-state index is 0.188. The van der Waals surface area contributed by atoms with Crippen molar-refractivity contribution in [2.45, 2.75) is 64.9 Å². The first-order valence-electron chi connectivity index (χ1n) is 7.83. The molecule has 0 rings (SSSR count). The first-order valence-corrected chi connectivity index (χ1v) is 9.36. The van der Waals surface area contributed by atoms with E-state index in [4.69, 9.17) is 19.3 Å². The molecule has 8 nitrogen and oxygen atoms in total. The van der Waals surface area contributed by atoms with Crippen molar-refractivity contribution in [3.8, 4) is 0 Å². The number of ether oxygens (including phenoxy) is 2. The van der Waals surface area contributed by atoms with E-state index in [1.54, 1.807) is 0 Å². The second-order valence-corrected chi connectivity index (χ2v) is 6.38. The normalized spacial score (nSPS) is 12.7. The third-order valence-corrected chi connectivity index (χ3v) is 3.36. The average molecular weight is 354 g/mol. The van der Waals surface area contributed by atoms with Gasteiger partial charge >= 0.3 is 19.8 Å². The number of carbonyl (C=O) groups is 2. The Morgan fingerprint density at radius 1 is 0.957 bits per heavy atom. The first kappa shape index (κ1) is 22.1. The summed E-state index contributed by atoms with van der Waals surface area (Å²) in [5.41, 5.74) is 0. The summed E-state index contributed by atoms with van der Waals surface area (Å²) in [7, 11) is -4.69. The number of hydrogen-bond donors (Lipinski definition) is 2. The fourth-order valence-corrected chi connectivity index (χ4v) is 2.00. The molecule has 136 valence electrons. The molecule has 0 bridgehead atoms. The number of phosphoric acid groups is 1. The van der Waals surface area contributed by atoms with Gasteiger partial charge in [0.25, 0.3) is 0 Å². The molecule has 0 spiro atoms. The zero-order valence-corrected chi connectivity index (χ0v) is 14.6. The van der Waals surface area contributed by atoms with Gasteiger partial charge in [0, 0.05) is 12.8 Å². The molecule has 0 aromatic heterocycles. The van der Waals surface area contributed by atoms with Crippen LogP contribution in [0.1, 0.15) is 58.8 Å². The molecule has 0 aromatic carbocycles. The lowest BCUT2D eigenvalue weighted by atomic mass is 10.2. The van der Waals surface area contributed by atoms with Crippen molar-refractivity contribution in [3.63, 3.8) is 0 Å². The van der Waals surface area contributed by atoms with Crippen LogP contribution >= 0.6 is 7.82 Å². The van der Waals surface area contributed by atoms with Crippen LogP contribution in [0.2, 0.25) is 0 Å². The van der Waals surface area contributed by atoms with E-state index in [0.717, 1.165) is 19.3 Å². The highest BCUT2D eigenvalue weighted by Gasteiger charge is 2.22. The number of hydrogen-bond acceptors (Lipinski definition) is 6. The second kappa shape index (κ2) is 12.5. The summed E-state index contributed by atoms with van der Waals surface area (Å²) in [5.74, 6) is -0.961. The van der Waals surface area contributed by atoms with Gasteiger partial charge in [-0.3, -0.25) is 14.1 Å². The summed E-state index contributed by atoms with van der Waals surface area (Å²) in [4.78, 5) is 40.5. The van der Waals surface area contributed by atoms with Crippen LogP contribution in [0.15, 0.2) is 0 Å². The van der Waals surface area contributed by atoms with Crippen LogP contribution < -0.4 is 0 Å². The van der Waals surface area contributed by atoms with Gasteiger partial charge in [-0.05, 0) is 12.8 Å². The summed E-state index contributed by atoms with van der Waals surface area (Å²) < 4.78 is 25.1. The van der Waals surface area contributed by atoms with Crippen LogP contribution in [0.4, 0.5) is 0 Å². The molecule has 2 N–H and O–H groups in total. The predicted molar refractivity (Wildman–Crippen MR) is 82.5 cm³/mol. The van der Waals surface area contributed by atoms with Gasteiger partial charge in [-0.15, -0.1) is 0 Å². The molecule has 1 atom stereocenters. The van der Waals surface area contributed by atoms with E-state index in [-0.39, 0.29) is 19.4 Å². The van der Waals surface area contributed by atoms with Crippen LogP contribution in [0.3, 0.4) is 0 Å². The lowest BCUT2D eigenvalue weighted by molar-refractivity contribution is -0.161. The summed E-state index contributed by atoms with van der Waals surface area (Å²) in [6, 6.07) is 0. The van der Waals surface area contributed by atoms with Gasteiger partial charge in [0.15, 0.2) is 6.10 Å². The Bertz CT molecular complexity index is 392. The fraction of sp³-hybridized carbons (Fsp3) is 0.857. The van der Waals surface area contributed by atoms with E-state index >= 15 is 0 Å². The maximum absolute atomic E-state index is 11.6. The Labute approximate surface area is 136 Å². The minimum Gasteiger partial charge on any atom is -0.462 e. The van der Waals surface area contributed by atoms with Gasteiger partial charge in [-0.1, -0.05) is 33.1 Å². The Morgan fingerprint density at radius 3 is 2.13 bits per heavy atom. The average Bonchev–Trinajstić information content (AvgIpc) is 2.47. The first-order chi connectivity index (χ1) is 10.8. The molecule has 0 amide bonds. The van der Waals surface area contributed by atoms with Crippen molar-refractivity contribution < 1.29 is 37.9 Å². The highest BCUT2D eigenvalue weighted by atomic mass is 31.2. The van der Waals surface area contributed by atoms with Crippen LogP contribution in [0.5, 0.6) is 0 Å². The Balaban J connectivity index is 4.32. The molecule has 0 aliphatic rings. The van der Waals surface area contributed by atoms with Gasteiger partial charge in [-0.2, -0.15) is 0 Å². The van der Waals surface area contributed by atoms with Crippen molar-refractivity contribution >= 4 is 19.8 Å². The monoisotopic (exact) mass is 354 g/mol. The molecule has 0 fully saturated rings. The highest BCUT2D eigenvalue weighted by molar-refractivity contribution is 7.46. The Hall–Kier alpha value is -0.950. The van der Waals surface area contributed by atoms with Gasteiger partial charge in [0.05, 0.1) is 6.61 Å². The predicted octanol–water partition coefficient (Wildman–Crippen LogP) is 2.32. The van der Waals surface area contributed by atoms with E-state index in [0.29, 0.717) is 12.8 Å². The van der Waals surface area contributed by atoms with E-state index in [1.165, 1.54) is 0 Å². The van der Waals surface area contributed by atoms with Crippen LogP contribution in [0.25, 0.3) is 0 Å². The minimum atomic E-state index is -4.69. The third kappa shape index (κ3) is 14.4. The number of esters is 2.